The molecule has 0 bridgehead atoms. The second kappa shape index (κ2) is 10.7. The van der Waals surface area contributed by atoms with Gasteiger partial charge in [0.1, 0.15) is 12.3 Å². The van der Waals surface area contributed by atoms with Crippen LogP contribution < -0.4 is 15.4 Å². The molecule has 0 radical (unpaired) electrons. The van der Waals surface area contributed by atoms with E-state index in [0.717, 1.165) is 5.56 Å². The Labute approximate surface area is 178 Å². The van der Waals surface area contributed by atoms with Gasteiger partial charge in [-0.2, -0.15) is 0 Å². The highest BCUT2D eigenvalue weighted by atomic mass is 35.5. The molecule has 2 aromatic carbocycles. The molecule has 29 heavy (non-hydrogen) atoms. The van der Waals surface area contributed by atoms with Crippen molar-refractivity contribution >= 4 is 46.7 Å². The molecule has 154 valence electrons. The Bertz CT molecular complexity index is 887. The first-order chi connectivity index (χ1) is 13.8. The summed E-state index contributed by atoms with van der Waals surface area (Å²) in [5.74, 6) is -0.840. The number of hydrogen-bond donors (Lipinski definition) is 2. The molecule has 1 unspecified atom stereocenters. The van der Waals surface area contributed by atoms with Crippen molar-refractivity contribution < 1.29 is 23.9 Å². The fourth-order valence-electron chi connectivity index (χ4n) is 2.26. The summed E-state index contributed by atoms with van der Waals surface area (Å²) < 4.78 is 10.0. The number of carbonyl (C=O) groups is 3. The minimum atomic E-state index is -0.794. The molecule has 2 aromatic rings. The third-order valence-electron chi connectivity index (χ3n) is 3.81. The molecular formula is C20H20Cl2N2O5. The summed E-state index contributed by atoms with van der Waals surface area (Å²) in [7, 11) is 1.25. The van der Waals surface area contributed by atoms with Gasteiger partial charge in [0.2, 0.25) is 5.91 Å². The van der Waals surface area contributed by atoms with Gasteiger partial charge in [0.25, 0.3) is 5.91 Å². The summed E-state index contributed by atoms with van der Waals surface area (Å²) in [5.41, 5.74) is 1.27. The van der Waals surface area contributed by atoms with Crippen LogP contribution in [0, 0.1) is 0 Å². The van der Waals surface area contributed by atoms with Crippen LogP contribution in [0.3, 0.4) is 0 Å². The van der Waals surface area contributed by atoms with E-state index < -0.39 is 12.1 Å². The highest BCUT2D eigenvalue weighted by molar-refractivity contribution is 6.35. The molecule has 0 aliphatic carbocycles. The standard InChI is InChI=1S/C20H20Cl2N2O5/c1-12(29-17-8-5-14(21)10-16(17)22)20(27)24-15-6-3-13(4-7-15)9-18(25)23-11-19(26)28-2/h3-8,10,12H,9,11H2,1-2H3,(H,23,25)(H,24,27). The zero-order chi connectivity index (χ0) is 21.4. The number of esters is 1. The van der Waals surface area contributed by atoms with Gasteiger partial charge in [0, 0.05) is 10.7 Å². The van der Waals surface area contributed by atoms with E-state index in [1.165, 1.54) is 13.2 Å². The van der Waals surface area contributed by atoms with Gasteiger partial charge in [-0.05, 0) is 42.8 Å². The highest BCUT2D eigenvalue weighted by Crippen LogP contribution is 2.28. The van der Waals surface area contributed by atoms with E-state index in [1.807, 2.05) is 0 Å². The highest BCUT2D eigenvalue weighted by Gasteiger charge is 2.16. The molecule has 2 amide bonds. The number of anilines is 1. The molecule has 2 N–H and O–H groups in total. The molecule has 0 aliphatic heterocycles. The van der Waals surface area contributed by atoms with E-state index in [1.54, 1.807) is 43.3 Å². The van der Waals surface area contributed by atoms with Crippen LogP contribution in [0.5, 0.6) is 5.75 Å². The minimum absolute atomic E-state index is 0.0970. The Morgan fingerprint density at radius 1 is 1.07 bits per heavy atom. The summed E-state index contributed by atoms with van der Waals surface area (Å²) in [6.07, 6.45) is -0.697. The molecule has 0 aliphatic rings. The van der Waals surface area contributed by atoms with Crippen LogP contribution in [-0.4, -0.2) is 37.5 Å². The quantitative estimate of drug-likeness (QED) is 0.616. The summed E-state index contributed by atoms with van der Waals surface area (Å²) >= 11 is 11.9. The van der Waals surface area contributed by atoms with Gasteiger partial charge < -0.3 is 20.1 Å². The Balaban J connectivity index is 1.87. The van der Waals surface area contributed by atoms with Crippen LogP contribution in [0.4, 0.5) is 5.69 Å². The lowest BCUT2D eigenvalue weighted by atomic mass is 10.1. The van der Waals surface area contributed by atoms with Crippen LogP contribution in [0.15, 0.2) is 42.5 Å². The van der Waals surface area contributed by atoms with Crippen LogP contribution >= 0.6 is 23.2 Å². The van der Waals surface area contributed by atoms with Crippen molar-refractivity contribution in [3.8, 4) is 5.75 Å². The fraction of sp³-hybridized carbons (Fsp3) is 0.250. The molecule has 1 atom stereocenters. The van der Waals surface area contributed by atoms with E-state index in [0.29, 0.717) is 21.5 Å². The molecule has 9 heteroatoms. The van der Waals surface area contributed by atoms with Crippen LogP contribution in [0.1, 0.15) is 12.5 Å². The topological polar surface area (TPSA) is 93.7 Å². The SMILES string of the molecule is COC(=O)CNC(=O)Cc1ccc(NC(=O)C(C)Oc2ccc(Cl)cc2Cl)cc1. The van der Waals surface area contributed by atoms with Crippen LogP contribution in [0.25, 0.3) is 0 Å². The summed E-state index contributed by atoms with van der Waals surface area (Å²) in [4.78, 5) is 35.1. The van der Waals surface area contributed by atoms with Crippen molar-refractivity contribution in [1.29, 1.82) is 0 Å². The number of ether oxygens (including phenoxy) is 2. The van der Waals surface area contributed by atoms with Crippen molar-refractivity contribution in [2.45, 2.75) is 19.4 Å². The molecule has 0 saturated carbocycles. The Morgan fingerprint density at radius 2 is 1.76 bits per heavy atom. The molecule has 0 spiro atoms. The number of rotatable bonds is 8. The lowest BCUT2D eigenvalue weighted by Crippen LogP contribution is -2.31. The predicted octanol–water partition coefficient (Wildman–Crippen LogP) is 3.23. The normalized spacial score (nSPS) is 11.3. The van der Waals surface area contributed by atoms with Gasteiger partial charge in [-0.15, -0.1) is 0 Å². The van der Waals surface area contributed by atoms with E-state index in [4.69, 9.17) is 27.9 Å². The molecule has 0 saturated heterocycles. The summed E-state index contributed by atoms with van der Waals surface area (Å²) in [5, 5.41) is 5.97. The minimum Gasteiger partial charge on any atom is -0.479 e. The second-order valence-corrected chi connectivity index (χ2v) is 6.89. The molecule has 0 heterocycles. The maximum absolute atomic E-state index is 12.3. The monoisotopic (exact) mass is 438 g/mol. The van der Waals surface area contributed by atoms with Gasteiger partial charge in [-0.1, -0.05) is 35.3 Å². The number of amides is 2. The smallest absolute Gasteiger partial charge is 0.325 e. The largest absolute Gasteiger partial charge is 0.479 e. The van der Waals surface area contributed by atoms with Crippen molar-refractivity contribution in [1.82, 2.24) is 5.32 Å². The second-order valence-electron chi connectivity index (χ2n) is 6.05. The van der Waals surface area contributed by atoms with Gasteiger partial charge >= 0.3 is 5.97 Å². The number of hydrogen-bond acceptors (Lipinski definition) is 5. The van der Waals surface area contributed by atoms with E-state index in [9.17, 15) is 14.4 Å². The summed E-state index contributed by atoms with van der Waals surface area (Å²) in [6, 6.07) is 11.5. The lowest BCUT2D eigenvalue weighted by molar-refractivity contribution is -0.141. The van der Waals surface area contributed by atoms with Crippen LogP contribution in [-0.2, 0) is 25.5 Å². The van der Waals surface area contributed by atoms with E-state index >= 15 is 0 Å². The van der Waals surface area contributed by atoms with Crippen molar-refractivity contribution in [3.63, 3.8) is 0 Å². The third kappa shape index (κ3) is 7.29. The number of halogens is 2. The van der Waals surface area contributed by atoms with Gasteiger partial charge in [-0.3, -0.25) is 14.4 Å². The first-order valence-corrected chi connectivity index (χ1v) is 9.39. The predicted molar refractivity (Wildman–Crippen MR) is 110 cm³/mol. The number of benzene rings is 2. The average Bonchev–Trinajstić information content (AvgIpc) is 2.69. The van der Waals surface area contributed by atoms with Crippen LogP contribution in [0.2, 0.25) is 10.0 Å². The lowest BCUT2D eigenvalue weighted by Gasteiger charge is -2.16. The van der Waals surface area contributed by atoms with Gasteiger partial charge in [0.05, 0.1) is 18.6 Å². The van der Waals surface area contributed by atoms with E-state index in [2.05, 4.69) is 15.4 Å². The molecule has 0 aromatic heterocycles. The van der Waals surface area contributed by atoms with Crippen molar-refractivity contribution in [2.75, 3.05) is 19.0 Å². The number of methoxy groups -OCH3 is 1. The maximum Gasteiger partial charge on any atom is 0.325 e. The summed E-state index contributed by atoms with van der Waals surface area (Å²) in [6.45, 7) is 1.42. The number of nitrogens with one attached hydrogen (secondary N) is 2. The molecule has 7 nitrogen and oxygen atoms in total. The first kappa shape index (κ1) is 22.5. The fourth-order valence-corrected chi connectivity index (χ4v) is 2.71. The first-order valence-electron chi connectivity index (χ1n) is 8.63. The Hall–Kier alpha value is -2.77. The average molecular weight is 439 g/mol. The van der Waals surface area contributed by atoms with E-state index in [-0.39, 0.29) is 24.8 Å². The van der Waals surface area contributed by atoms with Gasteiger partial charge in [0.15, 0.2) is 6.10 Å². The van der Waals surface area contributed by atoms with Crippen molar-refractivity contribution in [3.05, 3.63) is 58.1 Å². The molecular weight excluding hydrogens is 419 g/mol. The third-order valence-corrected chi connectivity index (χ3v) is 4.34. The zero-order valence-electron chi connectivity index (χ0n) is 15.8. The zero-order valence-corrected chi connectivity index (χ0v) is 17.3. The molecule has 2 rings (SSSR count). The number of carbonyl (C=O) groups excluding carboxylic acids is 3. The van der Waals surface area contributed by atoms with Crippen molar-refractivity contribution in [2.24, 2.45) is 0 Å². The molecule has 0 fully saturated rings. The maximum atomic E-state index is 12.3. The van der Waals surface area contributed by atoms with Gasteiger partial charge in [-0.25, -0.2) is 0 Å². The Kier molecular flexibility index (Phi) is 8.30. The Morgan fingerprint density at radius 3 is 2.38 bits per heavy atom.